The van der Waals surface area contributed by atoms with Crippen LogP contribution in [0, 0.1) is 5.82 Å². The Labute approximate surface area is 127 Å². The fourth-order valence-corrected chi connectivity index (χ4v) is 2.00. The predicted molar refractivity (Wildman–Crippen MR) is 76.4 cm³/mol. The van der Waals surface area contributed by atoms with E-state index < -0.39 is 23.7 Å². The van der Waals surface area contributed by atoms with Crippen molar-refractivity contribution >= 4 is 11.8 Å². The molecule has 120 valence electrons. The number of amides is 2. The zero-order valence-corrected chi connectivity index (χ0v) is 12.3. The molecule has 2 N–H and O–H groups in total. The van der Waals surface area contributed by atoms with Crippen molar-refractivity contribution in [1.29, 1.82) is 0 Å². The van der Waals surface area contributed by atoms with Gasteiger partial charge in [0.05, 0.1) is 12.7 Å². The molecule has 0 aliphatic carbocycles. The van der Waals surface area contributed by atoms with Crippen molar-refractivity contribution in [1.82, 2.24) is 10.9 Å². The molecule has 1 aliphatic heterocycles. The summed E-state index contributed by atoms with van der Waals surface area (Å²) in [6.07, 6.45) is 1.25. The van der Waals surface area contributed by atoms with Crippen molar-refractivity contribution in [3.63, 3.8) is 0 Å². The summed E-state index contributed by atoms with van der Waals surface area (Å²) in [5.41, 5.74) is 4.77. The van der Waals surface area contributed by atoms with E-state index in [1.54, 1.807) is 6.92 Å². The summed E-state index contributed by atoms with van der Waals surface area (Å²) in [6, 6.07) is 5.00. The third-order valence-corrected chi connectivity index (χ3v) is 3.33. The molecule has 0 radical (unpaired) electrons. The van der Waals surface area contributed by atoms with Crippen LogP contribution in [0.1, 0.15) is 30.1 Å². The van der Waals surface area contributed by atoms with E-state index in [1.807, 2.05) is 0 Å². The van der Waals surface area contributed by atoms with Crippen LogP contribution < -0.4 is 10.9 Å². The van der Waals surface area contributed by atoms with Crippen molar-refractivity contribution in [2.24, 2.45) is 0 Å². The van der Waals surface area contributed by atoms with Gasteiger partial charge >= 0.3 is 0 Å². The molecule has 1 aromatic rings. The Morgan fingerprint density at radius 2 is 2.09 bits per heavy atom. The lowest BCUT2D eigenvalue weighted by Crippen LogP contribution is -2.46. The summed E-state index contributed by atoms with van der Waals surface area (Å²) in [6.45, 7) is 2.66. The highest BCUT2D eigenvalue weighted by molar-refractivity contribution is 5.95. The topological polar surface area (TPSA) is 76.7 Å². The van der Waals surface area contributed by atoms with E-state index in [-0.39, 0.29) is 11.7 Å². The maximum atomic E-state index is 12.8. The van der Waals surface area contributed by atoms with Crippen LogP contribution in [0.5, 0.6) is 0 Å². The molecule has 0 spiro atoms. The highest BCUT2D eigenvalue weighted by Crippen LogP contribution is 2.12. The molecule has 2 rings (SSSR count). The van der Waals surface area contributed by atoms with Gasteiger partial charge in [0.15, 0.2) is 0 Å². The van der Waals surface area contributed by atoms with Crippen LogP contribution in [0.25, 0.3) is 0 Å². The zero-order chi connectivity index (χ0) is 15.9. The van der Waals surface area contributed by atoms with Crippen molar-refractivity contribution in [3.8, 4) is 0 Å². The first-order valence-corrected chi connectivity index (χ1v) is 7.15. The van der Waals surface area contributed by atoms with Gasteiger partial charge in [0.1, 0.15) is 11.9 Å². The van der Waals surface area contributed by atoms with Crippen molar-refractivity contribution in [3.05, 3.63) is 35.6 Å². The van der Waals surface area contributed by atoms with Gasteiger partial charge in [0.2, 0.25) is 0 Å². The minimum absolute atomic E-state index is 0.0315. The predicted octanol–water partition coefficient (Wildman–Crippen LogP) is 1.17. The van der Waals surface area contributed by atoms with Crippen molar-refractivity contribution < 1.29 is 23.5 Å². The van der Waals surface area contributed by atoms with Gasteiger partial charge < -0.3 is 9.47 Å². The highest BCUT2D eigenvalue weighted by atomic mass is 19.1. The number of rotatable bonds is 5. The normalized spacial score (nSPS) is 18.7. The van der Waals surface area contributed by atoms with E-state index >= 15 is 0 Å². The van der Waals surface area contributed by atoms with E-state index in [4.69, 9.17) is 9.47 Å². The van der Waals surface area contributed by atoms with Gasteiger partial charge in [-0.15, -0.1) is 0 Å². The fraction of sp³-hybridized carbons (Fsp3) is 0.467. The SMILES string of the molecule is C[C@H](OC[C@H]1CCCO1)C(=O)NNC(=O)c1ccc(F)cc1. The molecule has 1 heterocycles. The van der Waals surface area contributed by atoms with Crippen LogP contribution in [0.4, 0.5) is 4.39 Å². The molecule has 1 aromatic carbocycles. The van der Waals surface area contributed by atoms with Gasteiger partial charge in [-0.1, -0.05) is 0 Å². The lowest BCUT2D eigenvalue weighted by atomic mass is 10.2. The molecule has 0 saturated carbocycles. The summed E-state index contributed by atoms with van der Waals surface area (Å²) < 4.78 is 23.5. The minimum atomic E-state index is -0.710. The van der Waals surface area contributed by atoms with E-state index in [2.05, 4.69) is 10.9 Å². The second kappa shape index (κ2) is 7.86. The molecule has 1 saturated heterocycles. The van der Waals surface area contributed by atoms with E-state index in [0.29, 0.717) is 6.61 Å². The number of nitrogens with one attached hydrogen (secondary N) is 2. The number of hydrogen-bond donors (Lipinski definition) is 2. The van der Waals surface area contributed by atoms with E-state index in [9.17, 15) is 14.0 Å². The molecular weight excluding hydrogens is 291 g/mol. The molecule has 0 aromatic heterocycles. The molecule has 2 amide bonds. The average molecular weight is 310 g/mol. The Hall–Kier alpha value is -1.99. The monoisotopic (exact) mass is 310 g/mol. The van der Waals surface area contributed by atoms with Crippen LogP contribution >= 0.6 is 0 Å². The lowest BCUT2D eigenvalue weighted by Gasteiger charge is -2.16. The Morgan fingerprint density at radius 1 is 1.36 bits per heavy atom. The Balaban J connectivity index is 1.71. The summed E-state index contributed by atoms with van der Waals surface area (Å²) in [7, 11) is 0. The smallest absolute Gasteiger partial charge is 0.269 e. The van der Waals surface area contributed by atoms with Crippen LogP contribution in [0.3, 0.4) is 0 Å². The van der Waals surface area contributed by atoms with Crippen LogP contribution in [-0.4, -0.2) is 37.2 Å². The number of carbonyl (C=O) groups is 2. The molecule has 1 fully saturated rings. The standard InChI is InChI=1S/C15H19FN2O4/c1-10(22-9-13-3-2-8-21-13)14(19)17-18-15(20)11-4-6-12(16)7-5-11/h4-7,10,13H,2-3,8-9H2,1H3,(H,17,19)(H,18,20)/t10-,13+/m0/s1. The van der Waals surface area contributed by atoms with Crippen molar-refractivity contribution in [2.75, 3.05) is 13.2 Å². The summed E-state index contributed by atoms with van der Waals surface area (Å²) >= 11 is 0. The highest BCUT2D eigenvalue weighted by Gasteiger charge is 2.20. The Kier molecular flexibility index (Phi) is 5.85. The number of carbonyl (C=O) groups excluding carboxylic acids is 2. The molecule has 22 heavy (non-hydrogen) atoms. The lowest BCUT2D eigenvalue weighted by molar-refractivity contribution is -0.134. The maximum absolute atomic E-state index is 12.8. The summed E-state index contributed by atoms with van der Waals surface area (Å²) in [5, 5.41) is 0. The second-order valence-corrected chi connectivity index (χ2v) is 5.06. The third-order valence-electron chi connectivity index (χ3n) is 3.33. The van der Waals surface area contributed by atoms with Gasteiger partial charge in [-0.25, -0.2) is 4.39 Å². The first kappa shape index (κ1) is 16.4. The first-order chi connectivity index (χ1) is 10.6. The van der Waals surface area contributed by atoms with Gasteiger partial charge in [-0.2, -0.15) is 0 Å². The van der Waals surface area contributed by atoms with Gasteiger partial charge in [-0.05, 0) is 44.0 Å². The molecule has 2 atom stereocenters. The van der Waals surface area contributed by atoms with Crippen LogP contribution in [0.2, 0.25) is 0 Å². The van der Waals surface area contributed by atoms with Gasteiger partial charge in [0.25, 0.3) is 11.8 Å². The summed E-state index contributed by atoms with van der Waals surface area (Å²) in [4.78, 5) is 23.5. The number of hydrazine groups is 1. The van der Waals surface area contributed by atoms with Crippen LogP contribution in [0.15, 0.2) is 24.3 Å². The van der Waals surface area contributed by atoms with Crippen molar-refractivity contribution in [2.45, 2.75) is 32.0 Å². The van der Waals surface area contributed by atoms with Gasteiger partial charge in [0, 0.05) is 12.2 Å². The average Bonchev–Trinajstić information content (AvgIpc) is 3.04. The van der Waals surface area contributed by atoms with E-state index in [0.717, 1.165) is 19.4 Å². The fourth-order valence-electron chi connectivity index (χ4n) is 2.00. The number of ether oxygens (including phenoxy) is 2. The van der Waals surface area contributed by atoms with E-state index in [1.165, 1.54) is 24.3 Å². The quantitative estimate of drug-likeness (QED) is 0.801. The molecule has 6 nitrogen and oxygen atoms in total. The largest absolute Gasteiger partial charge is 0.376 e. The molecule has 1 aliphatic rings. The summed E-state index contributed by atoms with van der Waals surface area (Å²) in [5.74, 6) is -1.43. The molecular formula is C15H19FN2O4. The second-order valence-electron chi connectivity index (χ2n) is 5.06. The number of halogens is 1. The molecule has 0 bridgehead atoms. The van der Waals surface area contributed by atoms with Crippen LogP contribution in [-0.2, 0) is 14.3 Å². The first-order valence-electron chi connectivity index (χ1n) is 7.15. The van der Waals surface area contributed by atoms with Gasteiger partial charge in [-0.3, -0.25) is 20.4 Å². The molecule has 0 unspecified atom stereocenters. The number of benzene rings is 1. The maximum Gasteiger partial charge on any atom is 0.269 e. The Morgan fingerprint density at radius 3 is 2.73 bits per heavy atom. The minimum Gasteiger partial charge on any atom is -0.376 e. The third kappa shape index (κ3) is 4.78. The molecule has 7 heteroatoms. The number of hydrogen-bond acceptors (Lipinski definition) is 4. The zero-order valence-electron chi connectivity index (χ0n) is 12.3. The Bertz CT molecular complexity index is 515.